The van der Waals surface area contributed by atoms with Crippen molar-refractivity contribution >= 4 is 49.0 Å². The molecule has 0 unspecified atom stereocenters. The Labute approximate surface area is 186 Å². The van der Waals surface area contributed by atoms with Gasteiger partial charge in [0.2, 0.25) is 0 Å². The first-order valence-corrected chi connectivity index (χ1v) is 10.8. The minimum atomic E-state index is -0.202. The largest absolute Gasteiger partial charge is 0.489 e. The van der Waals surface area contributed by atoms with E-state index in [1.165, 1.54) is 4.68 Å². The molecule has 0 aliphatic heterocycles. The van der Waals surface area contributed by atoms with Crippen LogP contribution < -0.4 is 10.3 Å². The Morgan fingerprint density at radius 1 is 1.24 bits per heavy atom. The first-order valence-electron chi connectivity index (χ1n) is 9.24. The summed E-state index contributed by atoms with van der Waals surface area (Å²) >= 11 is 6.90. The van der Waals surface area contributed by atoms with E-state index in [-0.39, 0.29) is 11.5 Å². The van der Waals surface area contributed by atoms with Crippen molar-refractivity contribution in [2.45, 2.75) is 26.2 Å². The van der Waals surface area contributed by atoms with Crippen molar-refractivity contribution in [3.05, 3.63) is 79.7 Å². The summed E-state index contributed by atoms with van der Waals surface area (Å²) in [4.78, 5) is 17.9. The molecular formula is C22H21Br2N3O2. The van der Waals surface area contributed by atoms with Crippen molar-refractivity contribution in [1.29, 1.82) is 0 Å². The minimum absolute atomic E-state index is 0.0758. The van der Waals surface area contributed by atoms with Crippen LogP contribution in [0.5, 0.6) is 5.75 Å². The summed E-state index contributed by atoms with van der Waals surface area (Å²) in [6, 6.07) is 11.1. The Kier molecular flexibility index (Phi) is 7.03. The maximum absolute atomic E-state index is 13.2. The molecule has 0 saturated heterocycles. The number of benzene rings is 2. The lowest BCUT2D eigenvalue weighted by atomic mass is 10.1. The molecule has 1 aromatic heterocycles. The molecule has 0 aliphatic rings. The standard InChI is InChI=1S/C22H21Br2N3O2/c1-4-10-29-20-9-7-16(23)11-15(20)13-25-27-21(14(3)5-2)26-19-8-6-17(24)12-18(19)22(27)28/h4,6-9,11-14H,1,5,10H2,2-3H3/t14-/m1/s1. The average molecular weight is 519 g/mol. The minimum Gasteiger partial charge on any atom is -0.489 e. The third-order valence-corrected chi connectivity index (χ3v) is 5.51. The summed E-state index contributed by atoms with van der Waals surface area (Å²) in [5.74, 6) is 1.37. The van der Waals surface area contributed by atoms with Gasteiger partial charge in [-0.2, -0.15) is 9.78 Å². The number of fused-ring (bicyclic) bond motifs is 1. The Bertz CT molecular complexity index is 1140. The summed E-state index contributed by atoms with van der Waals surface area (Å²) in [6.07, 6.45) is 4.15. The van der Waals surface area contributed by atoms with E-state index in [1.807, 2.05) is 37.3 Å². The second-order valence-electron chi connectivity index (χ2n) is 6.58. The SMILES string of the molecule is C=CCOc1ccc(Br)cc1C=Nn1c([C@H](C)CC)nc2ccc(Br)cc2c1=O. The summed E-state index contributed by atoms with van der Waals surface area (Å²) < 4.78 is 8.81. The van der Waals surface area contributed by atoms with E-state index in [4.69, 9.17) is 9.72 Å². The summed E-state index contributed by atoms with van der Waals surface area (Å²) in [5.41, 5.74) is 1.21. The highest BCUT2D eigenvalue weighted by atomic mass is 79.9. The van der Waals surface area contributed by atoms with Crippen LogP contribution in [-0.4, -0.2) is 22.5 Å². The third kappa shape index (κ3) is 4.85. The van der Waals surface area contributed by atoms with Gasteiger partial charge in [-0.3, -0.25) is 4.79 Å². The summed E-state index contributed by atoms with van der Waals surface area (Å²) in [6.45, 7) is 8.16. The number of hydrogen-bond donors (Lipinski definition) is 0. The molecule has 0 N–H and O–H groups in total. The molecule has 3 rings (SSSR count). The van der Waals surface area contributed by atoms with Crippen LogP contribution in [0.3, 0.4) is 0 Å². The van der Waals surface area contributed by atoms with E-state index in [0.717, 1.165) is 20.9 Å². The third-order valence-electron chi connectivity index (χ3n) is 4.53. The van der Waals surface area contributed by atoms with Crippen LogP contribution in [0.25, 0.3) is 10.9 Å². The Morgan fingerprint density at radius 3 is 2.69 bits per heavy atom. The zero-order valence-corrected chi connectivity index (χ0v) is 19.4. The topological polar surface area (TPSA) is 56.5 Å². The zero-order chi connectivity index (χ0) is 21.0. The summed E-state index contributed by atoms with van der Waals surface area (Å²) in [5, 5.41) is 5.02. The van der Waals surface area contributed by atoms with Gasteiger partial charge in [0, 0.05) is 20.4 Å². The first-order chi connectivity index (χ1) is 13.9. The highest BCUT2D eigenvalue weighted by molar-refractivity contribution is 9.10. The summed E-state index contributed by atoms with van der Waals surface area (Å²) in [7, 11) is 0. The Balaban J connectivity index is 2.16. The second kappa shape index (κ2) is 9.50. The molecule has 1 heterocycles. The highest BCUT2D eigenvalue weighted by Gasteiger charge is 2.15. The van der Waals surface area contributed by atoms with Gasteiger partial charge >= 0.3 is 0 Å². The molecule has 0 amide bonds. The maximum atomic E-state index is 13.2. The molecule has 0 fully saturated rings. The van der Waals surface area contributed by atoms with Crippen molar-refractivity contribution in [2.24, 2.45) is 5.10 Å². The normalized spacial score (nSPS) is 12.4. The van der Waals surface area contributed by atoms with Gasteiger partial charge in [-0.15, -0.1) is 0 Å². The van der Waals surface area contributed by atoms with Crippen molar-refractivity contribution in [1.82, 2.24) is 9.66 Å². The van der Waals surface area contributed by atoms with Crippen molar-refractivity contribution in [3.8, 4) is 5.75 Å². The van der Waals surface area contributed by atoms with Gasteiger partial charge in [0.1, 0.15) is 18.2 Å². The number of nitrogens with zero attached hydrogens (tertiary/aromatic N) is 3. The van der Waals surface area contributed by atoms with Crippen LogP contribution in [0.4, 0.5) is 0 Å². The lowest BCUT2D eigenvalue weighted by Gasteiger charge is -2.14. The molecule has 29 heavy (non-hydrogen) atoms. The molecule has 0 radical (unpaired) electrons. The number of aromatic nitrogens is 2. The molecule has 0 saturated carbocycles. The molecule has 0 aliphatic carbocycles. The van der Waals surface area contributed by atoms with Gasteiger partial charge in [-0.1, -0.05) is 58.4 Å². The number of rotatable bonds is 7. The van der Waals surface area contributed by atoms with E-state index in [9.17, 15) is 4.79 Å². The van der Waals surface area contributed by atoms with Crippen LogP contribution in [0.2, 0.25) is 0 Å². The zero-order valence-electron chi connectivity index (χ0n) is 16.2. The predicted octanol–water partition coefficient (Wildman–Crippen LogP) is 5.88. The number of ether oxygens (including phenoxy) is 1. The molecule has 2 aromatic carbocycles. The number of halogens is 2. The monoisotopic (exact) mass is 517 g/mol. The predicted molar refractivity (Wildman–Crippen MR) is 125 cm³/mol. The van der Waals surface area contributed by atoms with Crippen LogP contribution in [0, 0.1) is 0 Å². The van der Waals surface area contributed by atoms with Gasteiger partial charge in [-0.05, 0) is 42.8 Å². The van der Waals surface area contributed by atoms with Crippen molar-refractivity contribution in [3.63, 3.8) is 0 Å². The van der Waals surface area contributed by atoms with Crippen molar-refractivity contribution < 1.29 is 4.74 Å². The van der Waals surface area contributed by atoms with Gasteiger partial charge in [-0.25, -0.2) is 4.98 Å². The molecule has 3 aromatic rings. The second-order valence-corrected chi connectivity index (χ2v) is 8.42. The first kappa shape index (κ1) is 21.5. The van der Waals surface area contributed by atoms with Gasteiger partial charge in [0.15, 0.2) is 0 Å². The van der Waals surface area contributed by atoms with E-state index >= 15 is 0 Å². The molecule has 7 heteroatoms. The highest BCUT2D eigenvalue weighted by Crippen LogP contribution is 2.23. The number of hydrogen-bond acceptors (Lipinski definition) is 4. The van der Waals surface area contributed by atoms with E-state index in [2.05, 4.69) is 50.5 Å². The van der Waals surface area contributed by atoms with Gasteiger partial charge in [0.05, 0.1) is 17.1 Å². The lowest BCUT2D eigenvalue weighted by Crippen LogP contribution is -2.23. The van der Waals surface area contributed by atoms with E-state index in [1.54, 1.807) is 18.4 Å². The Morgan fingerprint density at radius 2 is 1.97 bits per heavy atom. The van der Waals surface area contributed by atoms with Crippen LogP contribution in [0.15, 0.2) is 67.9 Å². The molecule has 1 atom stereocenters. The smallest absolute Gasteiger partial charge is 0.282 e. The maximum Gasteiger partial charge on any atom is 0.282 e. The molecule has 0 spiro atoms. The fourth-order valence-electron chi connectivity index (χ4n) is 2.80. The van der Waals surface area contributed by atoms with E-state index < -0.39 is 0 Å². The van der Waals surface area contributed by atoms with E-state index in [0.29, 0.717) is 29.1 Å². The quantitative estimate of drug-likeness (QED) is 0.290. The lowest BCUT2D eigenvalue weighted by molar-refractivity contribution is 0.362. The molecular weight excluding hydrogens is 498 g/mol. The average Bonchev–Trinajstić information content (AvgIpc) is 2.72. The molecule has 150 valence electrons. The fraction of sp³-hybridized carbons (Fsp3) is 0.227. The van der Waals surface area contributed by atoms with Crippen LogP contribution in [0.1, 0.15) is 37.6 Å². The van der Waals surface area contributed by atoms with Gasteiger partial charge < -0.3 is 4.74 Å². The Hall–Kier alpha value is -2.25. The van der Waals surface area contributed by atoms with Crippen molar-refractivity contribution in [2.75, 3.05) is 6.61 Å². The molecule has 5 nitrogen and oxygen atoms in total. The van der Waals surface area contributed by atoms with Crippen LogP contribution >= 0.6 is 31.9 Å². The van der Waals surface area contributed by atoms with Gasteiger partial charge in [0.25, 0.3) is 5.56 Å². The van der Waals surface area contributed by atoms with Crippen LogP contribution in [-0.2, 0) is 0 Å². The fourth-order valence-corrected chi connectivity index (χ4v) is 3.54. The molecule has 0 bridgehead atoms.